The van der Waals surface area contributed by atoms with Crippen molar-refractivity contribution in [3.8, 4) is 0 Å². The molecule has 98 valence electrons. The molecule has 4 N–H and O–H groups in total. The van der Waals surface area contributed by atoms with Crippen LogP contribution in [0.2, 0.25) is 0 Å². The van der Waals surface area contributed by atoms with E-state index in [4.69, 9.17) is 15.6 Å². The van der Waals surface area contributed by atoms with Crippen LogP contribution in [0.15, 0.2) is 18.5 Å². The molecular weight excluding hydrogens is 236 g/mol. The highest BCUT2D eigenvalue weighted by Crippen LogP contribution is 2.15. The summed E-state index contributed by atoms with van der Waals surface area (Å²) in [6, 6.07) is 3.60. The summed E-state index contributed by atoms with van der Waals surface area (Å²) in [7, 11) is 1.44. The van der Waals surface area contributed by atoms with Crippen molar-refractivity contribution in [1.29, 1.82) is 0 Å². The minimum absolute atomic E-state index is 0.238. The van der Waals surface area contributed by atoms with Crippen LogP contribution in [0.5, 0.6) is 0 Å². The van der Waals surface area contributed by atoms with Crippen LogP contribution >= 0.6 is 0 Å². The molecule has 0 spiro atoms. The molecule has 2 heterocycles. The van der Waals surface area contributed by atoms with Crippen molar-refractivity contribution in [1.82, 2.24) is 14.6 Å². The molecular formula is C11H16N4O3. The summed E-state index contributed by atoms with van der Waals surface area (Å²) in [5, 5.41) is 23.1. The van der Waals surface area contributed by atoms with Crippen LogP contribution in [-0.4, -0.2) is 50.7 Å². The second-order valence-corrected chi connectivity index (χ2v) is 4.00. The Kier molecular flexibility index (Phi) is 3.75. The van der Waals surface area contributed by atoms with Gasteiger partial charge in [0, 0.05) is 19.2 Å². The van der Waals surface area contributed by atoms with E-state index < -0.39 is 12.2 Å². The molecule has 0 aliphatic rings. The van der Waals surface area contributed by atoms with Gasteiger partial charge in [-0.25, -0.2) is 9.50 Å². The average Bonchev–Trinajstić information content (AvgIpc) is 2.76. The van der Waals surface area contributed by atoms with E-state index in [9.17, 15) is 5.11 Å². The molecule has 0 saturated carbocycles. The molecule has 2 rings (SSSR count). The summed E-state index contributed by atoms with van der Waals surface area (Å²) in [6.45, 7) is -0.238. The van der Waals surface area contributed by atoms with Gasteiger partial charge in [0.2, 0.25) is 0 Å². The maximum Gasteiger partial charge on any atom is 0.151 e. The molecule has 2 aromatic rings. The number of rotatable bonds is 5. The van der Waals surface area contributed by atoms with Crippen molar-refractivity contribution >= 4 is 11.3 Å². The van der Waals surface area contributed by atoms with Crippen molar-refractivity contribution in [3.05, 3.63) is 24.2 Å². The lowest BCUT2D eigenvalue weighted by Gasteiger charge is -2.18. The fourth-order valence-electron chi connectivity index (χ4n) is 1.86. The molecule has 0 radical (unpaired) electrons. The predicted octanol–water partition coefficient (Wildman–Crippen LogP) is -0.778. The summed E-state index contributed by atoms with van der Waals surface area (Å²) in [6.07, 6.45) is 0.242. The lowest BCUT2D eigenvalue weighted by molar-refractivity contribution is -0.0407. The van der Waals surface area contributed by atoms with Crippen molar-refractivity contribution in [3.63, 3.8) is 0 Å². The molecule has 7 nitrogen and oxygen atoms in total. The first-order chi connectivity index (χ1) is 8.67. The molecule has 0 fully saturated rings. The highest BCUT2D eigenvalue weighted by molar-refractivity contribution is 5.65. The number of fused-ring (bicyclic) bond motifs is 1. The largest absolute Gasteiger partial charge is 0.394 e. The van der Waals surface area contributed by atoms with Crippen LogP contribution in [0.1, 0.15) is 5.69 Å². The van der Waals surface area contributed by atoms with Crippen LogP contribution < -0.4 is 5.73 Å². The van der Waals surface area contributed by atoms with E-state index in [2.05, 4.69) is 10.1 Å². The first kappa shape index (κ1) is 12.7. The number of anilines is 1. The molecule has 1 unspecified atom stereocenters. The summed E-state index contributed by atoms with van der Waals surface area (Å²) in [5.41, 5.74) is 7.19. The topological polar surface area (TPSA) is 106 Å². The standard InChI is InChI=1S/C11H16N4O3/c1-18-10(5-16)9(17)4-7-2-3-8-11(12)13-6-14-15(7)8/h2-3,6,9-10,16-17H,4-5H2,1H3,(H2,12,13,14)/t9-,10?/m0/s1. The summed E-state index contributed by atoms with van der Waals surface area (Å²) < 4.78 is 6.60. The van der Waals surface area contributed by atoms with E-state index in [-0.39, 0.29) is 6.61 Å². The number of ether oxygens (including phenoxy) is 1. The highest BCUT2D eigenvalue weighted by atomic mass is 16.5. The van der Waals surface area contributed by atoms with Gasteiger partial charge in [0.15, 0.2) is 5.82 Å². The van der Waals surface area contributed by atoms with Gasteiger partial charge in [-0.15, -0.1) is 0 Å². The van der Waals surface area contributed by atoms with Crippen LogP contribution in [-0.2, 0) is 11.2 Å². The van der Waals surface area contributed by atoms with Gasteiger partial charge in [0.1, 0.15) is 17.9 Å². The molecule has 18 heavy (non-hydrogen) atoms. The number of nitrogens with two attached hydrogens (primary N) is 1. The van der Waals surface area contributed by atoms with Gasteiger partial charge >= 0.3 is 0 Å². The number of hydrogen-bond acceptors (Lipinski definition) is 6. The average molecular weight is 252 g/mol. The Balaban J connectivity index is 2.24. The van der Waals surface area contributed by atoms with Gasteiger partial charge in [0.25, 0.3) is 0 Å². The fraction of sp³-hybridized carbons (Fsp3) is 0.455. The smallest absolute Gasteiger partial charge is 0.151 e. The maximum absolute atomic E-state index is 9.94. The van der Waals surface area contributed by atoms with Gasteiger partial charge < -0.3 is 20.7 Å². The molecule has 0 aliphatic carbocycles. The third-order valence-corrected chi connectivity index (χ3v) is 2.89. The fourth-order valence-corrected chi connectivity index (χ4v) is 1.86. The van der Waals surface area contributed by atoms with Crippen molar-refractivity contribution in [2.45, 2.75) is 18.6 Å². The highest BCUT2D eigenvalue weighted by Gasteiger charge is 2.20. The number of hydrogen-bond donors (Lipinski definition) is 3. The molecule has 0 saturated heterocycles. The summed E-state index contributed by atoms with van der Waals surface area (Å²) in [5.74, 6) is 0.385. The molecule has 2 aromatic heterocycles. The van der Waals surface area contributed by atoms with Crippen LogP contribution in [0.3, 0.4) is 0 Å². The number of aromatic nitrogens is 3. The Bertz CT molecular complexity index is 524. The summed E-state index contributed by atoms with van der Waals surface area (Å²) >= 11 is 0. The Hall–Kier alpha value is -1.70. The molecule has 2 atom stereocenters. The quantitative estimate of drug-likeness (QED) is 0.644. The zero-order chi connectivity index (χ0) is 13.1. The first-order valence-corrected chi connectivity index (χ1v) is 5.56. The Morgan fingerprint density at radius 2 is 2.28 bits per heavy atom. The third-order valence-electron chi connectivity index (χ3n) is 2.89. The van der Waals surface area contributed by atoms with Gasteiger partial charge in [-0.05, 0) is 12.1 Å². The Labute approximate surface area is 104 Å². The minimum Gasteiger partial charge on any atom is -0.394 e. The second-order valence-electron chi connectivity index (χ2n) is 4.00. The van der Waals surface area contributed by atoms with E-state index in [1.807, 2.05) is 6.07 Å². The molecule has 0 bridgehead atoms. The van der Waals surface area contributed by atoms with Crippen molar-refractivity contribution in [2.24, 2.45) is 0 Å². The SMILES string of the molecule is COC(CO)[C@@H](O)Cc1ccc2c(N)ncnn12. The van der Waals surface area contributed by atoms with Gasteiger partial charge in [0.05, 0.1) is 12.7 Å². The number of nitrogen functional groups attached to an aromatic ring is 1. The lowest BCUT2D eigenvalue weighted by atomic mass is 10.1. The van der Waals surface area contributed by atoms with E-state index >= 15 is 0 Å². The van der Waals surface area contributed by atoms with Gasteiger partial charge in [-0.1, -0.05) is 0 Å². The number of nitrogens with zero attached hydrogens (tertiary/aromatic N) is 3. The van der Waals surface area contributed by atoms with E-state index in [0.29, 0.717) is 17.8 Å². The van der Waals surface area contributed by atoms with Gasteiger partial charge in [-0.2, -0.15) is 5.10 Å². The summed E-state index contributed by atoms with van der Waals surface area (Å²) in [4.78, 5) is 3.89. The second kappa shape index (κ2) is 5.30. The molecule has 7 heteroatoms. The van der Waals surface area contributed by atoms with Gasteiger partial charge in [-0.3, -0.25) is 0 Å². The zero-order valence-electron chi connectivity index (χ0n) is 10.0. The number of aliphatic hydroxyl groups is 2. The van der Waals surface area contributed by atoms with E-state index in [1.54, 1.807) is 10.6 Å². The molecule has 0 aromatic carbocycles. The van der Waals surface area contributed by atoms with Crippen molar-refractivity contribution < 1.29 is 14.9 Å². The lowest BCUT2D eigenvalue weighted by Crippen LogP contribution is -2.33. The molecule has 0 amide bonds. The van der Waals surface area contributed by atoms with Crippen LogP contribution in [0.25, 0.3) is 5.52 Å². The zero-order valence-corrected chi connectivity index (χ0v) is 10.0. The molecule has 0 aliphatic heterocycles. The third kappa shape index (κ3) is 2.28. The maximum atomic E-state index is 9.94. The van der Waals surface area contributed by atoms with E-state index in [0.717, 1.165) is 5.69 Å². The Morgan fingerprint density at radius 1 is 1.50 bits per heavy atom. The number of methoxy groups -OCH3 is 1. The van der Waals surface area contributed by atoms with Crippen molar-refractivity contribution in [2.75, 3.05) is 19.5 Å². The minimum atomic E-state index is -0.811. The van der Waals surface area contributed by atoms with E-state index in [1.165, 1.54) is 13.4 Å². The number of aliphatic hydroxyl groups excluding tert-OH is 2. The Morgan fingerprint density at radius 3 is 2.94 bits per heavy atom. The normalized spacial score (nSPS) is 14.8. The van der Waals surface area contributed by atoms with Crippen LogP contribution in [0.4, 0.5) is 5.82 Å². The predicted molar refractivity (Wildman–Crippen MR) is 65.0 cm³/mol. The first-order valence-electron chi connectivity index (χ1n) is 5.56. The monoisotopic (exact) mass is 252 g/mol. The van der Waals surface area contributed by atoms with Crippen LogP contribution in [0, 0.1) is 0 Å².